The van der Waals surface area contributed by atoms with Crippen molar-refractivity contribution < 1.29 is 9.22 Å². The van der Waals surface area contributed by atoms with Crippen molar-refractivity contribution in [2.75, 3.05) is 46.6 Å². The monoisotopic (exact) mass is 190 g/mol. The van der Waals surface area contributed by atoms with Crippen LogP contribution in [-0.4, -0.2) is 51.1 Å². The average molecular weight is 190 g/mol. The molecule has 0 aromatic carbocycles. The highest BCUT2D eigenvalue weighted by Gasteiger charge is 2.04. The standard InChI is InChI=1S/C9H21NOP/c1-5-11-7-9-12-8-6-10(2,3)4/h5,12H,1,6-9H2,2-4H3/q+1. The predicted octanol–water partition coefficient (Wildman–Crippen LogP) is 1.53. The Labute approximate surface area is 78.0 Å². The van der Waals surface area contributed by atoms with Gasteiger partial charge in [-0.05, 0) is 6.16 Å². The maximum Gasteiger partial charge on any atom is 0.0909 e. The molecule has 0 aliphatic rings. The molecule has 0 fully saturated rings. The first kappa shape index (κ1) is 11.9. The van der Waals surface area contributed by atoms with E-state index in [2.05, 4.69) is 27.7 Å². The Balaban J connectivity index is 3.06. The molecular formula is C9H21NOP+. The summed E-state index contributed by atoms with van der Waals surface area (Å²) in [5.41, 5.74) is 0. The number of nitrogens with zero attached hydrogens (tertiary/aromatic N) is 1. The second-order valence-electron chi connectivity index (χ2n) is 3.80. The number of ether oxygens (including phenoxy) is 1. The molecule has 3 heteroatoms. The van der Waals surface area contributed by atoms with Gasteiger partial charge in [0.25, 0.3) is 0 Å². The van der Waals surface area contributed by atoms with Crippen molar-refractivity contribution in [2.45, 2.75) is 0 Å². The van der Waals surface area contributed by atoms with Crippen molar-refractivity contribution in [3.63, 3.8) is 0 Å². The van der Waals surface area contributed by atoms with Gasteiger partial charge in [-0.3, -0.25) is 0 Å². The maximum absolute atomic E-state index is 5.03. The molecule has 0 rings (SSSR count). The summed E-state index contributed by atoms with van der Waals surface area (Å²) in [4.78, 5) is 0. The number of hydrogen-bond donors (Lipinski definition) is 0. The Morgan fingerprint density at radius 1 is 1.33 bits per heavy atom. The summed E-state index contributed by atoms with van der Waals surface area (Å²) < 4.78 is 6.10. The number of rotatable bonds is 7. The first-order valence-electron chi connectivity index (χ1n) is 4.30. The maximum atomic E-state index is 5.03. The minimum atomic E-state index is 0.832. The van der Waals surface area contributed by atoms with Gasteiger partial charge in [-0.15, -0.1) is 8.58 Å². The first-order valence-corrected chi connectivity index (χ1v) is 5.71. The first-order chi connectivity index (χ1) is 5.56. The van der Waals surface area contributed by atoms with Crippen LogP contribution in [0.15, 0.2) is 12.8 Å². The van der Waals surface area contributed by atoms with E-state index in [9.17, 15) is 0 Å². The molecule has 0 aliphatic heterocycles. The van der Waals surface area contributed by atoms with Crippen LogP contribution in [0.4, 0.5) is 0 Å². The summed E-state index contributed by atoms with van der Waals surface area (Å²) in [5, 5.41) is 0. The fraction of sp³-hybridized carbons (Fsp3) is 0.778. The lowest BCUT2D eigenvalue weighted by atomic mass is 10.6. The van der Waals surface area contributed by atoms with Crippen molar-refractivity contribution in [1.29, 1.82) is 0 Å². The average Bonchev–Trinajstić information content (AvgIpc) is 1.94. The van der Waals surface area contributed by atoms with E-state index in [1.165, 1.54) is 25.1 Å². The van der Waals surface area contributed by atoms with Crippen LogP contribution in [0.5, 0.6) is 0 Å². The van der Waals surface area contributed by atoms with Crippen LogP contribution in [-0.2, 0) is 4.74 Å². The molecule has 0 aliphatic carbocycles. The molecule has 0 bridgehead atoms. The van der Waals surface area contributed by atoms with Crippen LogP contribution in [0.25, 0.3) is 0 Å². The van der Waals surface area contributed by atoms with Gasteiger partial charge in [-0.2, -0.15) is 0 Å². The lowest BCUT2D eigenvalue weighted by Crippen LogP contribution is -2.36. The van der Waals surface area contributed by atoms with Crippen LogP contribution in [0.1, 0.15) is 0 Å². The molecule has 0 spiro atoms. The molecule has 0 saturated carbocycles. The van der Waals surface area contributed by atoms with E-state index in [0.29, 0.717) is 0 Å². The minimum absolute atomic E-state index is 0.832. The van der Waals surface area contributed by atoms with Gasteiger partial charge in [0.05, 0.1) is 40.6 Å². The molecule has 0 N–H and O–H groups in total. The predicted molar refractivity (Wildman–Crippen MR) is 57.1 cm³/mol. The third kappa shape index (κ3) is 9.93. The molecule has 0 heterocycles. The van der Waals surface area contributed by atoms with Crippen LogP contribution >= 0.6 is 8.58 Å². The van der Waals surface area contributed by atoms with Gasteiger partial charge in [0.15, 0.2) is 0 Å². The third-order valence-electron chi connectivity index (χ3n) is 1.47. The molecular weight excluding hydrogens is 169 g/mol. The summed E-state index contributed by atoms with van der Waals surface area (Å²) in [5.74, 6) is 0. The van der Waals surface area contributed by atoms with Crippen molar-refractivity contribution >= 4 is 8.58 Å². The molecule has 2 nitrogen and oxygen atoms in total. The highest BCUT2D eigenvalue weighted by atomic mass is 31.1. The van der Waals surface area contributed by atoms with Crippen molar-refractivity contribution in [1.82, 2.24) is 0 Å². The quantitative estimate of drug-likeness (QED) is 0.256. The van der Waals surface area contributed by atoms with E-state index in [-0.39, 0.29) is 0 Å². The zero-order valence-electron chi connectivity index (χ0n) is 8.47. The van der Waals surface area contributed by atoms with Crippen molar-refractivity contribution in [3.05, 3.63) is 12.8 Å². The van der Waals surface area contributed by atoms with Gasteiger partial charge >= 0.3 is 0 Å². The third-order valence-corrected chi connectivity index (χ3v) is 2.61. The van der Waals surface area contributed by atoms with Crippen LogP contribution in [0.2, 0.25) is 0 Å². The number of quaternary nitrogens is 1. The zero-order valence-corrected chi connectivity index (χ0v) is 9.47. The molecule has 0 saturated heterocycles. The summed E-state index contributed by atoms with van der Waals surface area (Å²) in [6.45, 7) is 5.58. The van der Waals surface area contributed by atoms with E-state index >= 15 is 0 Å². The second kappa shape index (κ2) is 6.45. The molecule has 1 unspecified atom stereocenters. The number of hydrogen-bond acceptors (Lipinski definition) is 1. The topological polar surface area (TPSA) is 9.23 Å². The van der Waals surface area contributed by atoms with Gasteiger partial charge in [-0.25, -0.2) is 0 Å². The highest BCUT2D eigenvalue weighted by Crippen LogP contribution is 2.09. The van der Waals surface area contributed by atoms with Crippen molar-refractivity contribution in [3.8, 4) is 0 Å². The lowest BCUT2D eigenvalue weighted by Gasteiger charge is -2.23. The smallest absolute Gasteiger partial charge is 0.0909 e. The molecule has 1 atom stereocenters. The van der Waals surface area contributed by atoms with Crippen LogP contribution in [0.3, 0.4) is 0 Å². The van der Waals surface area contributed by atoms with Gasteiger partial charge < -0.3 is 9.22 Å². The Hall–Kier alpha value is -0.0700. The van der Waals surface area contributed by atoms with Crippen LogP contribution in [0, 0.1) is 0 Å². The van der Waals surface area contributed by atoms with Gasteiger partial charge in [0, 0.05) is 6.16 Å². The fourth-order valence-electron chi connectivity index (χ4n) is 0.754. The lowest BCUT2D eigenvalue weighted by molar-refractivity contribution is -0.867. The molecule has 0 aromatic rings. The SMILES string of the molecule is C=COCCPCC[N+](C)(C)C. The Bertz CT molecular complexity index is 120. The minimum Gasteiger partial charge on any atom is -0.501 e. The fourth-order valence-corrected chi connectivity index (χ4v) is 2.10. The molecule has 0 amide bonds. The Morgan fingerprint density at radius 3 is 2.50 bits per heavy atom. The van der Waals surface area contributed by atoms with E-state index in [4.69, 9.17) is 4.74 Å². The molecule has 0 aromatic heterocycles. The van der Waals surface area contributed by atoms with Gasteiger partial charge in [0.2, 0.25) is 0 Å². The summed E-state index contributed by atoms with van der Waals surface area (Å²) in [6.07, 6.45) is 4.00. The normalized spacial score (nSPS) is 12.2. The largest absolute Gasteiger partial charge is 0.501 e. The highest BCUT2D eigenvalue weighted by molar-refractivity contribution is 7.38. The van der Waals surface area contributed by atoms with Gasteiger partial charge in [-0.1, -0.05) is 6.58 Å². The molecule has 72 valence electrons. The zero-order chi connectivity index (χ0) is 9.45. The summed E-state index contributed by atoms with van der Waals surface area (Å²) >= 11 is 0. The molecule has 0 radical (unpaired) electrons. The summed E-state index contributed by atoms with van der Waals surface area (Å²) in [6, 6.07) is 0. The Morgan fingerprint density at radius 2 is 2.00 bits per heavy atom. The van der Waals surface area contributed by atoms with Gasteiger partial charge in [0.1, 0.15) is 0 Å². The van der Waals surface area contributed by atoms with E-state index in [1.54, 1.807) is 0 Å². The van der Waals surface area contributed by atoms with E-state index < -0.39 is 0 Å². The van der Waals surface area contributed by atoms with E-state index in [1.807, 2.05) is 0 Å². The second-order valence-corrected chi connectivity index (χ2v) is 5.30. The molecule has 12 heavy (non-hydrogen) atoms. The van der Waals surface area contributed by atoms with Crippen molar-refractivity contribution in [2.24, 2.45) is 0 Å². The Kier molecular flexibility index (Phi) is 6.41. The van der Waals surface area contributed by atoms with Crippen LogP contribution < -0.4 is 0 Å². The summed E-state index contributed by atoms with van der Waals surface area (Å²) in [7, 11) is 7.71. The van der Waals surface area contributed by atoms with E-state index in [0.717, 1.165) is 19.7 Å².